The van der Waals surface area contributed by atoms with Crippen molar-refractivity contribution in [3.8, 4) is 0 Å². The Labute approximate surface area is 135 Å². The van der Waals surface area contributed by atoms with Crippen LogP contribution >= 0.6 is 27.3 Å². The fourth-order valence-electron chi connectivity index (χ4n) is 2.47. The molecule has 2 aromatic carbocycles. The Bertz CT molecular complexity index is 825. The first-order valence-corrected chi connectivity index (χ1v) is 8.28. The van der Waals surface area contributed by atoms with Crippen molar-refractivity contribution in [2.45, 2.75) is 19.9 Å². The van der Waals surface area contributed by atoms with E-state index < -0.39 is 0 Å². The molecule has 0 amide bonds. The third-order valence-electron chi connectivity index (χ3n) is 3.69. The highest BCUT2D eigenvalue weighted by molar-refractivity contribution is 9.10. The first kappa shape index (κ1) is 14.7. The smallest absolute Gasteiger partial charge is 0.124 e. The van der Waals surface area contributed by atoms with Crippen LogP contribution in [0.2, 0.25) is 0 Å². The number of fused-ring (bicyclic) bond motifs is 1. The number of hydrogen-bond donors (Lipinski definition) is 1. The van der Waals surface area contributed by atoms with E-state index in [1.807, 2.05) is 0 Å². The number of benzene rings is 2. The molecule has 0 aliphatic rings. The fraction of sp³-hybridized carbons (Fsp3) is 0.176. The van der Waals surface area contributed by atoms with Gasteiger partial charge in [-0.05, 0) is 60.2 Å². The molecular weight excluding hydrogens is 349 g/mol. The molecular formula is C17H15BrFNS. The Hall–Kier alpha value is -1.23. The minimum absolute atomic E-state index is 0.183. The van der Waals surface area contributed by atoms with Crippen LogP contribution in [0.3, 0.4) is 0 Å². The summed E-state index contributed by atoms with van der Waals surface area (Å²) in [6.45, 7) is 4.12. The van der Waals surface area contributed by atoms with Gasteiger partial charge in [0.25, 0.3) is 0 Å². The van der Waals surface area contributed by atoms with E-state index >= 15 is 0 Å². The highest BCUT2D eigenvalue weighted by Gasteiger charge is 2.16. The molecule has 0 aliphatic heterocycles. The van der Waals surface area contributed by atoms with Crippen LogP contribution in [0.25, 0.3) is 10.1 Å². The van der Waals surface area contributed by atoms with E-state index in [9.17, 15) is 4.39 Å². The van der Waals surface area contributed by atoms with Crippen molar-refractivity contribution in [1.29, 1.82) is 0 Å². The standard InChI is InChI=1S/C17H15BrFNS/c1-9-6-14(18)10(2)5-13(9)17(20)16-7-11-3-4-12(19)8-15(11)21-16/h3-8,17H,20H2,1-2H3. The molecule has 108 valence electrons. The van der Waals surface area contributed by atoms with Crippen LogP contribution in [0.1, 0.15) is 27.6 Å². The number of nitrogens with two attached hydrogens (primary N) is 1. The molecule has 2 N–H and O–H groups in total. The Balaban J connectivity index is 2.07. The molecule has 1 nitrogen and oxygen atoms in total. The van der Waals surface area contributed by atoms with Gasteiger partial charge in [-0.15, -0.1) is 11.3 Å². The fourth-order valence-corrected chi connectivity index (χ4v) is 4.04. The lowest BCUT2D eigenvalue weighted by molar-refractivity contribution is 0.630. The molecule has 0 radical (unpaired) electrons. The summed E-state index contributed by atoms with van der Waals surface area (Å²) in [5.41, 5.74) is 9.87. The van der Waals surface area contributed by atoms with E-state index in [0.29, 0.717) is 0 Å². The van der Waals surface area contributed by atoms with Crippen molar-refractivity contribution >= 4 is 37.4 Å². The first-order valence-electron chi connectivity index (χ1n) is 6.67. The Morgan fingerprint density at radius 3 is 2.62 bits per heavy atom. The summed E-state index contributed by atoms with van der Waals surface area (Å²) in [7, 11) is 0. The molecule has 0 aliphatic carbocycles. The van der Waals surface area contributed by atoms with Gasteiger partial charge < -0.3 is 5.73 Å². The molecule has 0 spiro atoms. The van der Waals surface area contributed by atoms with E-state index in [2.05, 4.69) is 48.0 Å². The molecule has 21 heavy (non-hydrogen) atoms. The maximum absolute atomic E-state index is 13.3. The Morgan fingerprint density at radius 2 is 1.86 bits per heavy atom. The van der Waals surface area contributed by atoms with Crippen molar-refractivity contribution in [1.82, 2.24) is 0 Å². The van der Waals surface area contributed by atoms with E-state index in [4.69, 9.17) is 5.73 Å². The van der Waals surface area contributed by atoms with Gasteiger partial charge in [-0.3, -0.25) is 0 Å². The van der Waals surface area contributed by atoms with Gasteiger partial charge in [-0.2, -0.15) is 0 Å². The lowest BCUT2D eigenvalue weighted by Crippen LogP contribution is -2.12. The summed E-state index contributed by atoms with van der Waals surface area (Å²) < 4.78 is 15.3. The molecule has 4 heteroatoms. The molecule has 0 saturated carbocycles. The van der Waals surface area contributed by atoms with Gasteiger partial charge in [-0.1, -0.05) is 28.1 Å². The second-order valence-electron chi connectivity index (χ2n) is 5.27. The predicted molar refractivity (Wildman–Crippen MR) is 91.4 cm³/mol. The van der Waals surface area contributed by atoms with Crippen molar-refractivity contribution in [2.75, 3.05) is 0 Å². The topological polar surface area (TPSA) is 26.0 Å². The van der Waals surface area contributed by atoms with E-state index in [-0.39, 0.29) is 11.9 Å². The van der Waals surface area contributed by atoms with Gasteiger partial charge in [0, 0.05) is 14.0 Å². The summed E-state index contributed by atoms with van der Waals surface area (Å²) in [4.78, 5) is 1.06. The van der Waals surface area contributed by atoms with Gasteiger partial charge in [-0.25, -0.2) is 4.39 Å². The molecule has 0 fully saturated rings. The predicted octanol–water partition coefficient (Wildman–Crippen LogP) is 5.47. The zero-order valence-corrected chi connectivity index (χ0v) is 14.2. The highest BCUT2D eigenvalue weighted by atomic mass is 79.9. The van der Waals surface area contributed by atoms with Crippen LogP contribution in [0.15, 0.2) is 40.9 Å². The average Bonchev–Trinajstić information content (AvgIpc) is 2.85. The number of hydrogen-bond acceptors (Lipinski definition) is 2. The second kappa shape index (κ2) is 5.52. The van der Waals surface area contributed by atoms with Crippen LogP contribution in [-0.4, -0.2) is 0 Å². The molecule has 1 atom stereocenters. The number of halogens is 2. The summed E-state index contributed by atoms with van der Waals surface area (Å²) in [6, 6.07) is 10.9. The van der Waals surface area contributed by atoms with E-state index in [0.717, 1.165) is 30.6 Å². The first-order chi connectivity index (χ1) is 9.95. The van der Waals surface area contributed by atoms with E-state index in [1.165, 1.54) is 11.6 Å². The lowest BCUT2D eigenvalue weighted by atomic mass is 9.98. The summed E-state index contributed by atoms with van der Waals surface area (Å²) >= 11 is 5.10. The van der Waals surface area contributed by atoms with Crippen LogP contribution in [0.5, 0.6) is 0 Å². The monoisotopic (exact) mass is 363 g/mol. The van der Waals surface area contributed by atoms with Crippen molar-refractivity contribution < 1.29 is 4.39 Å². The van der Waals surface area contributed by atoms with Crippen LogP contribution in [0, 0.1) is 19.7 Å². The van der Waals surface area contributed by atoms with Gasteiger partial charge in [0.1, 0.15) is 5.82 Å². The lowest BCUT2D eigenvalue weighted by Gasteiger charge is -2.15. The molecule has 1 unspecified atom stereocenters. The zero-order chi connectivity index (χ0) is 15.1. The molecule has 0 saturated heterocycles. The largest absolute Gasteiger partial charge is 0.320 e. The number of aryl methyl sites for hydroxylation is 2. The highest BCUT2D eigenvalue weighted by Crippen LogP contribution is 2.34. The minimum Gasteiger partial charge on any atom is -0.320 e. The quantitative estimate of drug-likeness (QED) is 0.641. The van der Waals surface area contributed by atoms with Crippen LogP contribution in [-0.2, 0) is 0 Å². The summed E-state index contributed by atoms with van der Waals surface area (Å²) in [5, 5.41) is 1.04. The third-order valence-corrected chi connectivity index (χ3v) is 5.73. The normalized spacial score (nSPS) is 12.8. The maximum Gasteiger partial charge on any atom is 0.124 e. The van der Waals surface area contributed by atoms with Crippen LogP contribution < -0.4 is 5.73 Å². The van der Waals surface area contributed by atoms with Crippen molar-refractivity contribution in [3.05, 3.63) is 68.3 Å². The SMILES string of the molecule is Cc1cc(C(N)c2cc3ccc(F)cc3s2)c(C)cc1Br. The van der Waals surface area contributed by atoms with E-state index in [1.54, 1.807) is 23.5 Å². The van der Waals surface area contributed by atoms with Gasteiger partial charge >= 0.3 is 0 Å². The van der Waals surface area contributed by atoms with Gasteiger partial charge in [0.15, 0.2) is 0 Å². The Morgan fingerprint density at radius 1 is 1.10 bits per heavy atom. The average molecular weight is 364 g/mol. The molecule has 1 heterocycles. The number of rotatable bonds is 2. The second-order valence-corrected chi connectivity index (χ2v) is 7.24. The molecule has 0 bridgehead atoms. The zero-order valence-electron chi connectivity index (χ0n) is 11.8. The van der Waals surface area contributed by atoms with Gasteiger partial charge in [0.2, 0.25) is 0 Å². The van der Waals surface area contributed by atoms with Crippen molar-refractivity contribution in [3.63, 3.8) is 0 Å². The molecule has 3 aromatic rings. The molecule has 3 rings (SSSR count). The third kappa shape index (κ3) is 2.76. The van der Waals surface area contributed by atoms with Crippen LogP contribution in [0.4, 0.5) is 4.39 Å². The van der Waals surface area contributed by atoms with Gasteiger partial charge in [0.05, 0.1) is 6.04 Å². The Kier molecular flexibility index (Phi) is 3.86. The summed E-state index contributed by atoms with van der Waals surface area (Å²) in [6.07, 6.45) is 0. The number of thiophene rings is 1. The summed E-state index contributed by atoms with van der Waals surface area (Å²) in [5.74, 6) is -0.208. The minimum atomic E-state index is -0.208. The maximum atomic E-state index is 13.3. The van der Waals surface area contributed by atoms with Crippen molar-refractivity contribution in [2.24, 2.45) is 5.73 Å². The molecule has 1 aromatic heterocycles.